The molecule has 0 radical (unpaired) electrons. The summed E-state index contributed by atoms with van der Waals surface area (Å²) in [7, 11) is 0. The van der Waals surface area contributed by atoms with Crippen LogP contribution in [-0.4, -0.2) is 35.1 Å². The second-order valence-corrected chi connectivity index (χ2v) is 7.47. The van der Waals surface area contributed by atoms with Crippen molar-refractivity contribution in [2.45, 2.75) is 33.2 Å². The van der Waals surface area contributed by atoms with Crippen molar-refractivity contribution in [2.24, 2.45) is 5.10 Å². The molecule has 0 fully saturated rings. The lowest BCUT2D eigenvalue weighted by Gasteiger charge is -2.23. The van der Waals surface area contributed by atoms with E-state index in [1.807, 2.05) is 0 Å². The van der Waals surface area contributed by atoms with Gasteiger partial charge in [-0.3, -0.25) is 9.59 Å². The van der Waals surface area contributed by atoms with Crippen LogP contribution in [0.5, 0.6) is 0 Å². The minimum atomic E-state index is -0.432. The molecule has 1 N–H and O–H groups in total. The number of ether oxygens (including phenoxy) is 1. The quantitative estimate of drug-likeness (QED) is 0.729. The molecule has 0 unspecified atom stereocenters. The molecule has 1 aliphatic heterocycles. The number of nitrogens with zero attached hydrogens (tertiary/aromatic N) is 2. The summed E-state index contributed by atoms with van der Waals surface area (Å²) in [6.45, 7) is 3.91. The Morgan fingerprint density at radius 3 is 2.69 bits per heavy atom. The van der Waals surface area contributed by atoms with Gasteiger partial charge in [-0.1, -0.05) is 12.1 Å². The average molecular weight is 417 g/mol. The van der Waals surface area contributed by atoms with Crippen molar-refractivity contribution in [3.8, 4) is 0 Å². The largest absolute Gasteiger partial charge is 0.462 e. The SMILES string of the molecule is CCOC(=O)c1sc(NC(=O)C2=NN(Cc3ccc(F)cc3)C(=O)CC2)cc1C. The maximum absolute atomic E-state index is 13.1. The van der Waals surface area contributed by atoms with E-state index in [1.54, 1.807) is 32.0 Å². The highest BCUT2D eigenvalue weighted by atomic mass is 32.1. The summed E-state index contributed by atoms with van der Waals surface area (Å²) in [5.74, 6) is -1.43. The van der Waals surface area contributed by atoms with Crippen LogP contribution in [-0.2, 0) is 20.9 Å². The standard InChI is InChI=1S/C20H20FN3O4S/c1-3-28-20(27)18-12(2)10-16(29-18)22-19(26)15-8-9-17(25)24(23-15)11-13-4-6-14(21)7-5-13/h4-7,10H,3,8-9,11H2,1-2H3,(H,22,26). The number of halogens is 1. The predicted molar refractivity (Wildman–Crippen MR) is 107 cm³/mol. The van der Waals surface area contributed by atoms with Gasteiger partial charge >= 0.3 is 5.97 Å². The van der Waals surface area contributed by atoms with Crippen LogP contribution in [0.2, 0.25) is 0 Å². The van der Waals surface area contributed by atoms with Crippen LogP contribution >= 0.6 is 11.3 Å². The summed E-state index contributed by atoms with van der Waals surface area (Å²) in [5.41, 5.74) is 1.64. The number of thiophene rings is 1. The number of hydrogen-bond donors (Lipinski definition) is 1. The van der Waals surface area contributed by atoms with Gasteiger partial charge < -0.3 is 10.1 Å². The number of aryl methyl sites for hydroxylation is 1. The molecule has 0 atom stereocenters. The lowest BCUT2D eigenvalue weighted by molar-refractivity contribution is -0.132. The van der Waals surface area contributed by atoms with E-state index >= 15 is 0 Å². The van der Waals surface area contributed by atoms with E-state index in [2.05, 4.69) is 10.4 Å². The Bertz CT molecular complexity index is 969. The molecule has 7 nitrogen and oxygen atoms in total. The number of hydrazone groups is 1. The number of rotatable bonds is 6. The zero-order valence-electron chi connectivity index (χ0n) is 16.0. The van der Waals surface area contributed by atoms with Crippen molar-refractivity contribution in [3.63, 3.8) is 0 Å². The fourth-order valence-electron chi connectivity index (χ4n) is 2.78. The van der Waals surface area contributed by atoms with E-state index in [4.69, 9.17) is 4.74 Å². The smallest absolute Gasteiger partial charge is 0.348 e. The van der Waals surface area contributed by atoms with Gasteiger partial charge in [-0.2, -0.15) is 5.10 Å². The predicted octanol–water partition coefficient (Wildman–Crippen LogP) is 3.49. The van der Waals surface area contributed by atoms with E-state index in [0.29, 0.717) is 21.0 Å². The Balaban J connectivity index is 1.71. The van der Waals surface area contributed by atoms with Crippen LogP contribution in [0.25, 0.3) is 0 Å². The molecule has 2 heterocycles. The molecule has 2 aromatic rings. The molecule has 1 aromatic carbocycles. The van der Waals surface area contributed by atoms with Crippen LogP contribution in [0, 0.1) is 12.7 Å². The van der Waals surface area contributed by atoms with Crippen LogP contribution in [0.1, 0.15) is 40.6 Å². The maximum atomic E-state index is 13.1. The van der Waals surface area contributed by atoms with Crippen molar-refractivity contribution in [3.05, 3.63) is 52.2 Å². The lowest BCUT2D eigenvalue weighted by atomic mass is 10.1. The van der Waals surface area contributed by atoms with Gasteiger partial charge in [0.1, 0.15) is 16.4 Å². The number of carbonyl (C=O) groups is 3. The zero-order valence-corrected chi connectivity index (χ0v) is 16.8. The lowest BCUT2D eigenvalue weighted by Crippen LogP contribution is -2.35. The molecule has 0 saturated heterocycles. The summed E-state index contributed by atoms with van der Waals surface area (Å²) in [6, 6.07) is 7.44. The summed E-state index contributed by atoms with van der Waals surface area (Å²) < 4.78 is 18.1. The first kappa shape index (κ1) is 20.7. The third-order valence-corrected chi connectivity index (χ3v) is 5.36. The Morgan fingerprint density at radius 2 is 2.00 bits per heavy atom. The number of hydrogen-bond acceptors (Lipinski definition) is 6. The number of esters is 1. The monoisotopic (exact) mass is 417 g/mol. The van der Waals surface area contributed by atoms with Gasteiger partial charge in [0.05, 0.1) is 18.2 Å². The van der Waals surface area contributed by atoms with Gasteiger partial charge in [0.2, 0.25) is 5.91 Å². The Labute approximate surface area is 171 Å². The Kier molecular flexibility index (Phi) is 6.38. The van der Waals surface area contributed by atoms with Crippen molar-refractivity contribution in [1.82, 2.24) is 5.01 Å². The topological polar surface area (TPSA) is 88.1 Å². The van der Waals surface area contributed by atoms with Crippen molar-refractivity contribution in [1.29, 1.82) is 0 Å². The highest BCUT2D eigenvalue weighted by Crippen LogP contribution is 2.27. The van der Waals surface area contributed by atoms with Crippen molar-refractivity contribution >= 4 is 39.8 Å². The highest BCUT2D eigenvalue weighted by molar-refractivity contribution is 7.18. The van der Waals surface area contributed by atoms with E-state index in [1.165, 1.54) is 17.1 Å². The Hall–Kier alpha value is -3.07. The van der Waals surface area contributed by atoms with Gasteiger partial charge in [0.25, 0.3) is 5.91 Å². The number of nitrogens with one attached hydrogen (secondary N) is 1. The number of anilines is 1. The fraction of sp³-hybridized carbons (Fsp3) is 0.300. The molecular formula is C20H20FN3O4S. The number of carbonyl (C=O) groups excluding carboxylic acids is 3. The minimum Gasteiger partial charge on any atom is -0.462 e. The van der Waals surface area contributed by atoms with Crippen LogP contribution < -0.4 is 5.32 Å². The molecular weight excluding hydrogens is 397 g/mol. The van der Waals surface area contributed by atoms with E-state index in [-0.39, 0.29) is 43.4 Å². The number of benzene rings is 1. The molecule has 0 spiro atoms. The van der Waals surface area contributed by atoms with E-state index in [0.717, 1.165) is 11.3 Å². The van der Waals surface area contributed by atoms with Crippen molar-refractivity contribution < 1.29 is 23.5 Å². The number of amides is 2. The molecule has 1 aliphatic rings. The Morgan fingerprint density at radius 1 is 1.28 bits per heavy atom. The maximum Gasteiger partial charge on any atom is 0.348 e. The van der Waals surface area contributed by atoms with Crippen LogP contribution in [0.3, 0.4) is 0 Å². The second kappa shape index (κ2) is 8.95. The van der Waals surface area contributed by atoms with Crippen molar-refractivity contribution in [2.75, 3.05) is 11.9 Å². The van der Waals surface area contributed by atoms with E-state index in [9.17, 15) is 18.8 Å². The van der Waals surface area contributed by atoms with E-state index < -0.39 is 11.9 Å². The molecule has 3 rings (SSSR count). The molecule has 1 aromatic heterocycles. The molecule has 152 valence electrons. The molecule has 29 heavy (non-hydrogen) atoms. The fourth-order valence-corrected chi connectivity index (χ4v) is 3.74. The first-order chi connectivity index (χ1) is 13.9. The molecule has 0 aliphatic carbocycles. The van der Waals surface area contributed by atoms with Gasteiger partial charge in [0, 0.05) is 12.8 Å². The molecule has 0 bridgehead atoms. The summed E-state index contributed by atoms with van der Waals surface area (Å²) in [4.78, 5) is 37.1. The minimum absolute atomic E-state index is 0.154. The van der Waals surface area contributed by atoms with Crippen LogP contribution in [0.15, 0.2) is 35.4 Å². The van der Waals surface area contributed by atoms with Gasteiger partial charge in [-0.05, 0) is 43.2 Å². The first-order valence-corrected chi connectivity index (χ1v) is 9.90. The second-order valence-electron chi connectivity index (χ2n) is 6.42. The first-order valence-electron chi connectivity index (χ1n) is 9.08. The summed E-state index contributed by atoms with van der Waals surface area (Å²) in [5, 5.41) is 8.63. The highest BCUT2D eigenvalue weighted by Gasteiger charge is 2.25. The zero-order chi connectivity index (χ0) is 21.0. The summed E-state index contributed by atoms with van der Waals surface area (Å²) in [6.07, 6.45) is 0.380. The average Bonchev–Trinajstić information content (AvgIpc) is 3.05. The summed E-state index contributed by atoms with van der Waals surface area (Å²) >= 11 is 1.13. The molecule has 9 heteroatoms. The van der Waals surface area contributed by atoms with Gasteiger partial charge in [-0.15, -0.1) is 11.3 Å². The van der Waals surface area contributed by atoms with Crippen LogP contribution in [0.4, 0.5) is 9.39 Å². The molecule has 2 amide bonds. The third-order valence-electron chi connectivity index (χ3n) is 4.23. The van der Waals surface area contributed by atoms with Gasteiger partial charge in [-0.25, -0.2) is 14.2 Å². The molecule has 0 saturated carbocycles. The third kappa shape index (κ3) is 5.05. The normalized spacial score (nSPS) is 13.8. The van der Waals surface area contributed by atoms with Gasteiger partial charge in [0.15, 0.2) is 0 Å².